The zero-order valence-corrected chi connectivity index (χ0v) is 13.3. The zero-order valence-electron chi connectivity index (χ0n) is 11.7. The molecule has 0 aliphatic heterocycles. The average molecular weight is 293 g/mol. The van der Waals surface area contributed by atoms with Gasteiger partial charge in [0.05, 0.1) is 0 Å². The lowest BCUT2D eigenvalue weighted by Crippen LogP contribution is -2.37. The second kappa shape index (κ2) is 8.48. The fourth-order valence-corrected chi connectivity index (χ4v) is 2.98. The summed E-state index contributed by atoms with van der Waals surface area (Å²) in [6.45, 7) is 8.20. The fourth-order valence-electron chi connectivity index (χ4n) is 2.01. The van der Waals surface area contributed by atoms with Gasteiger partial charge in [0, 0.05) is 11.9 Å². The quantitative estimate of drug-likeness (QED) is 0.603. The van der Waals surface area contributed by atoms with Gasteiger partial charge in [-0.2, -0.15) is 0 Å². The molecule has 0 atom stereocenters. The summed E-state index contributed by atoms with van der Waals surface area (Å²) in [6.07, 6.45) is 3.77. The Labute approximate surface area is 111 Å². The van der Waals surface area contributed by atoms with Crippen molar-refractivity contribution >= 4 is 15.9 Å². The molecule has 0 aromatic rings. The molecule has 0 heterocycles. The summed E-state index contributed by atoms with van der Waals surface area (Å²) in [5.41, 5.74) is 0.465. The minimum atomic E-state index is 0.465. The van der Waals surface area contributed by atoms with Gasteiger partial charge in [-0.25, -0.2) is 0 Å². The summed E-state index contributed by atoms with van der Waals surface area (Å²) in [4.78, 5) is 4.74. The Bertz CT molecular complexity index is 159. The van der Waals surface area contributed by atoms with Crippen LogP contribution in [0.25, 0.3) is 0 Å². The van der Waals surface area contributed by atoms with E-state index in [1.807, 2.05) is 0 Å². The molecular weight excluding hydrogens is 264 g/mol. The lowest BCUT2D eigenvalue weighted by molar-refractivity contribution is 0.180. The van der Waals surface area contributed by atoms with Gasteiger partial charge in [0.1, 0.15) is 0 Å². The normalized spacial score (nSPS) is 12.8. The molecule has 0 saturated heterocycles. The first-order chi connectivity index (χ1) is 7.49. The van der Waals surface area contributed by atoms with E-state index < -0.39 is 0 Å². The van der Waals surface area contributed by atoms with Crippen LogP contribution in [0.5, 0.6) is 0 Å². The molecule has 0 aromatic carbocycles. The predicted molar refractivity (Wildman–Crippen MR) is 77.5 cm³/mol. The van der Waals surface area contributed by atoms with Crippen molar-refractivity contribution in [1.29, 1.82) is 0 Å². The number of rotatable bonds is 9. The highest BCUT2D eigenvalue weighted by molar-refractivity contribution is 9.09. The van der Waals surface area contributed by atoms with E-state index in [4.69, 9.17) is 0 Å². The molecule has 0 amide bonds. The molecule has 3 heteroatoms. The van der Waals surface area contributed by atoms with Crippen LogP contribution in [-0.4, -0.2) is 55.9 Å². The molecule has 0 radical (unpaired) electrons. The van der Waals surface area contributed by atoms with Crippen molar-refractivity contribution in [3.8, 4) is 0 Å². The van der Waals surface area contributed by atoms with Crippen molar-refractivity contribution in [2.24, 2.45) is 5.41 Å². The van der Waals surface area contributed by atoms with Gasteiger partial charge < -0.3 is 9.80 Å². The maximum absolute atomic E-state index is 3.68. The van der Waals surface area contributed by atoms with Gasteiger partial charge in [-0.1, -0.05) is 29.8 Å². The first-order valence-corrected chi connectivity index (χ1v) is 7.51. The molecule has 0 fully saturated rings. The molecule has 0 N–H and O–H groups in total. The molecule has 0 saturated carbocycles. The van der Waals surface area contributed by atoms with Crippen molar-refractivity contribution in [3.05, 3.63) is 0 Å². The van der Waals surface area contributed by atoms with Crippen molar-refractivity contribution in [2.45, 2.75) is 33.1 Å². The first kappa shape index (κ1) is 16.4. The van der Waals surface area contributed by atoms with Gasteiger partial charge in [-0.3, -0.25) is 0 Å². The third kappa shape index (κ3) is 6.21. The first-order valence-electron chi connectivity index (χ1n) is 6.39. The van der Waals surface area contributed by atoms with Crippen LogP contribution in [-0.2, 0) is 0 Å². The summed E-state index contributed by atoms with van der Waals surface area (Å²) in [6, 6.07) is 0. The Morgan fingerprint density at radius 2 is 1.56 bits per heavy atom. The van der Waals surface area contributed by atoms with Crippen LogP contribution >= 0.6 is 15.9 Å². The van der Waals surface area contributed by atoms with E-state index in [0.717, 1.165) is 5.33 Å². The molecule has 2 nitrogen and oxygen atoms in total. The predicted octanol–water partition coefficient (Wildman–Crippen LogP) is 3.07. The number of nitrogens with zero attached hydrogens (tertiary/aromatic N) is 2. The van der Waals surface area contributed by atoms with Crippen LogP contribution in [0.2, 0.25) is 0 Å². The van der Waals surface area contributed by atoms with Gasteiger partial charge in [0.2, 0.25) is 0 Å². The van der Waals surface area contributed by atoms with E-state index in [1.165, 1.54) is 38.9 Å². The summed E-state index contributed by atoms with van der Waals surface area (Å²) in [5.74, 6) is 0. The van der Waals surface area contributed by atoms with Crippen LogP contribution in [0.4, 0.5) is 0 Å². The van der Waals surface area contributed by atoms with Crippen LogP contribution < -0.4 is 0 Å². The lowest BCUT2D eigenvalue weighted by atomic mass is 9.84. The summed E-state index contributed by atoms with van der Waals surface area (Å²) >= 11 is 3.68. The molecule has 16 heavy (non-hydrogen) atoms. The fraction of sp³-hybridized carbons (Fsp3) is 1.00. The topological polar surface area (TPSA) is 6.48 Å². The molecule has 98 valence electrons. The van der Waals surface area contributed by atoms with E-state index in [2.05, 4.69) is 60.7 Å². The highest BCUT2D eigenvalue weighted by Crippen LogP contribution is 2.29. The summed E-state index contributed by atoms with van der Waals surface area (Å²) < 4.78 is 0. The zero-order chi connectivity index (χ0) is 12.6. The molecule has 0 bridgehead atoms. The smallest absolute Gasteiger partial charge is 0.01000 e. The van der Waals surface area contributed by atoms with Crippen LogP contribution in [0.3, 0.4) is 0 Å². The van der Waals surface area contributed by atoms with E-state index >= 15 is 0 Å². The molecule has 0 rings (SSSR count). The average Bonchev–Trinajstić information content (AvgIpc) is 2.25. The van der Waals surface area contributed by atoms with E-state index in [9.17, 15) is 0 Å². The highest BCUT2D eigenvalue weighted by atomic mass is 79.9. The second-order valence-electron chi connectivity index (χ2n) is 5.24. The van der Waals surface area contributed by atoms with Gasteiger partial charge in [0.25, 0.3) is 0 Å². The van der Waals surface area contributed by atoms with Crippen molar-refractivity contribution in [2.75, 3.05) is 46.1 Å². The highest BCUT2D eigenvalue weighted by Gasteiger charge is 2.26. The number of halogens is 1. The number of alkyl halides is 1. The van der Waals surface area contributed by atoms with Crippen LogP contribution in [0.1, 0.15) is 33.1 Å². The molecule has 0 unspecified atom stereocenters. The molecule has 0 spiro atoms. The summed E-state index contributed by atoms with van der Waals surface area (Å²) in [7, 11) is 6.53. The Balaban J connectivity index is 3.95. The van der Waals surface area contributed by atoms with Gasteiger partial charge in [0.15, 0.2) is 0 Å². The van der Waals surface area contributed by atoms with Crippen molar-refractivity contribution in [1.82, 2.24) is 9.80 Å². The number of hydrogen-bond donors (Lipinski definition) is 0. The monoisotopic (exact) mass is 292 g/mol. The standard InChI is InChI=1S/C13H29BrN2/c1-6-13(7-2,11-14)12-16(5)10-8-9-15(3)4/h6-12H2,1-5H3. The van der Waals surface area contributed by atoms with E-state index in [1.54, 1.807) is 0 Å². The molecule has 0 aliphatic carbocycles. The lowest BCUT2D eigenvalue weighted by Gasteiger charge is -2.34. The van der Waals surface area contributed by atoms with Gasteiger partial charge in [-0.05, 0) is 58.9 Å². The molecular formula is C13H29BrN2. The minimum absolute atomic E-state index is 0.465. The van der Waals surface area contributed by atoms with Crippen molar-refractivity contribution < 1.29 is 0 Å². The third-order valence-electron chi connectivity index (χ3n) is 3.53. The maximum Gasteiger partial charge on any atom is 0.01000 e. The Morgan fingerprint density at radius 1 is 1.00 bits per heavy atom. The van der Waals surface area contributed by atoms with Gasteiger partial charge in [-0.15, -0.1) is 0 Å². The molecule has 0 aliphatic rings. The summed E-state index contributed by atoms with van der Waals surface area (Å²) in [5, 5.41) is 1.12. The maximum atomic E-state index is 3.68. The van der Waals surface area contributed by atoms with Crippen molar-refractivity contribution in [3.63, 3.8) is 0 Å². The molecule has 0 aromatic heterocycles. The largest absolute Gasteiger partial charge is 0.309 e. The second-order valence-corrected chi connectivity index (χ2v) is 5.80. The SMILES string of the molecule is CCC(CC)(CBr)CN(C)CCCN(C)C. The van der Waals surface area contributed by atoms with Crippen LogP contribution in [0.15, 0.2) is 0 Å². The number of hydrogen-bond acceptors (Lipinski definition) is 2. The van der Waals surface area contributed by atoms with E-state index in [-0.39, 0.29) is 0 Å². The van der Waals surface area contributed by atoms with Gasteiger partial charge >= 0.3 is 0 Å². The third-order valence-corrected chi connectivity index (χ3v) is 4.72. The Kier molecular flexibility index (Phi) is 8.70. The Hall–Kier alpha value is 0.400. The minimum Gasteiger partial charge on any atom is -0.309 e. The van der Waals surface area contributed by atoms with E-state index in [0.29, 0.717) is 5.41 Å². The van der Waals surface area contributed by atoms with Crippen LogP contribution in [0, 0.1) is 5.41 Å². The Morgan fingerprint density at radius 3 is 1.94 bits per heavy atom.